The maximum absolute atomic E-state index is 11.6. The highest BCUT2D eigenvalue weighted by Crippen LogP contribution is 2.32. The molecule has 0 saturated heterocycles. The average molecular weight is 203 g/mol. The Balaban J connectivity index is 2.53. The predicted molar refractivity (Wildman–Crippen MR) is 62.3 cm³/mol. The van der Waals surface area contributed by atoms with Crippen LogP contribution in [0.3, 0.4) is 0 Å². The lowest BCUT2D eigenvalue weighted by molar-refractivity contribution is -0.118. The van der Waals surface area contributed by atoms with Gasteiger partial charge in [0.2, 0.25) is 5.91 Å². The summed E-state index contributed by atoms with van der Waals surface area (Å²) in [6, 6.07) is 6.26. The Hall–Kier alpha value is -1.31. The van der Waals surface area contributed by atoms with Gasteiger partial charge in [0.1, 0.15) is 0 Å². The second-order valence-corrected chi connectivity index (χ2v) is 4.45. The Bertz CT molecular complexity index is 396. The summed E-state index contributed by atoms with van der Waals surface area (Å²) in [5.74, 6) is 0.755. The van der Waals surface area contributed by atoms with Crippen LogP contribution in [-0.4, -0.2) is 13.0 Å². The lowest BCUT2D eigenvalue weighted by Crippen LogP contribution is -2.31. The number of hydrogen-bond donors (Lipinski definition) is 0. The Kier molecular flexibility index (Phi) is 2.51. The molecule has 0 atom stereocenters. The normalized spacial score (nSPS) is 15.7. The molecule has 0 aromatic heterocycles. The van der Waals surface area contributed by atoms with Gasteiger partial charge in [-0.25, -0.2) is 0 Å². The van der Waals surface area contributed by atoms with Gasteiger partial charge < -0.3 is 4.90 Å². The fourth-order valence-electron chi connectivity index (χ4n) is 2.25. The number of nitrogens with zero attached hydrogens (tertiary/aromatic N) is 1. The lowest BCUT2D eigenvalue weighted by Gasteiger charge is -2.28. The first kappa shape index (κ1) is 10.2. The largest absolute Gasteiger partial charge is 0.315 e. The number of anilines is 1. The molecular formula is C13H17NO. The number of benzene rings is 1. The zero-order chi connectivity index (χ0) is 11.0. The van der Waals surface area contributed by atoms with Gasteiger partial charge in [-0.15, -0.1) is 0 Å². The minimum Gasteiger partial charge on any atom is -0.315 e. The fraction of sp³-hybridized carbons (Fsp3) is 0.462. The van der Waals surface area contributed by atoms with Crippen LogP contribution in [0.25, 0.3) is 0 Å². The number of carbonyl (C=O) groups is 1. The minimum atomic E-state index is 0.225. The molecule has 2 nitrogen and oxygen atoms in total. The molecule has 2 heteroatoms. The molecule has 80 valence electrons. The third-order valence-corrected chi connectivity index (χ3v) is 3.13. The van der Waals surface area contributed by atoms with E-state index in [1.165, 1.54) is 11.1 Å². The number of fused-ring (bicyclic) bond motifs is 1. The van der Waals surface area contributed by atoms with Crippen molar-refractivity contribution in [3.05, 3.63) is 29.3 Å². The molecule has 0 bridgehead atoms. The monoisotopic (exact) mass is 203 g/mol. The lowest BCUT2D eigenvalue weighted by atomic mass is 9.90. The zero-order valence-electron chi connectivity index (χ0n) is 9.58. The first-order valence-corrected chi connectivity index (χ1v) is 5.49. The van der Waals surface area contributed by atoms with E-state index in [9.17, 15) is 4.79 Å². The van der Waals surface area contributed by atoms with E-state index >= 15 is 0 Å². The van der Waals surface area contributed by atoms with Crippen LogP contribution in [-0.2, 0) is 11.2 Å². The first-order valence-electron chi connectivity index (χ1n) is 5.49. The van der Waals surface area contributed by atoms with Crippen molar-refractivity contribution < 1.29 is 4.79 Å². The van der Waals surface area contributed by atoms with Crippen molar-refractivity contribution in [2.24, 2.45) is 0 Å². The molecule has 1 aromatic carbocycles. The Morgan fingerprint density at radius 3 is 2.67 bits per heavy atom. The summed E-state index contributed by atoms with van der Waals surface area (Å²) >= 11 is 0. The van der Waals surface area contributed by atoms with Crippen molar-refractivity contribution >= 4 is 11.6 Å². The number of amides is 1. The molecule has 0 aliphatic carbocycles. The van der Waals surface area contributed by atoms with E-state index in [-0.39, 0.29) is 5.91 Å². The molecule has 0 radical (unpaired) electrons. The maximum atomic E-state index is 11.6. The molecule has 1 amide bonds. The Morgan fingerprint density at radius 1 is 1.27 bits per heavy atom. The van der Waals surface area contributed by atoms with E-state index in [2.05, 4.69) is 19.9 Å². The second-order valence-electron chi connectivity index (χ2n) is 4.45. The van der Waals surface area contributed by atoms with Crippen molar-refractivity contribution in [1.82, 2.24) is 0 Å². The highest BCUT2D eigenvalue weighted by Gasteiger charge is 2.23. The van der Waals surface area contributed by atoms with Gasteiger partial charge in [0.05, 0.1) is 0 Å². The van der Waals surface area contributed by atoms with E-state index < -0.39 is 0 Å². The van der Waals surface area contributed by atoms with Crippen LogP contribution in [0.15, 0.2) is 18.2 Å². The standard InChI is InChI=1S/C13H17NO/c1-9(2)10-5-4-6-12-11(10)7-8-13(15)14(12)3/h4-6,9H,7-8H2,1-3H3. The summed E-state index contributed by atoms with van der Waals surface area (Å²) < 4.78 is 0. The molecule has 0 saturated carbocycles. The zero-order valence-corrected chi connectivity index (χ0v) is 9.58. The maximum Gasteiger partial charge on any atom is 0.227 e. The minimum absolute atomic E-state index is 0.225. The van der Waals surface area contributed by atoms with Crippen molar-refractivity contribution in [1.29, 1.82) is 0 Å². The summed E-state index contributed by atoms with van der Waals surface area (Å²) in [6.07, 6.45) is 1.54. The van der Waals surface area contributed by atoms with E-state index in [0.29, 0.717) is 12.3 Å². The summed E-state index contributed by atoms with van der Waals surface area (Å²) in [5.41, 5.74) is 3.83. The van der Waals surface area contributed by atoms with Gasteiger partial charge in [0.15, 0.2) is 0 Å². The van der Waals surface area contributed by atoms with E-state index in [0.717, 1.165) is 12.1 Å². The smallest absolute Gasteiger partial charge is 0.227 e. The highest BCUT2D eigenvalue weighted by atomic mass is 16.2. The van der Waals surface area contributed by atoms with Crippen LogP contribution in [0.1, 0.15) is 37.3 Å². The molecule has 1 aromatic rings. The summed E-state index contributed by atoms with van der Waals surface area (Å²) in [5, 5.41) is 0. The quantitative estimate of drug-likeness (QED) is 0.687. The van der Waals surface area contributed by atoms with Gasteiger partial charge >= 0.3 is 0 Å². The van der Waals surface area contributed by atoms with Crippen molar-refractivity contribution in [2.45, 2.75) is 32.6 Å². The number of hydrogen-bond acceptors (Lipinski definition) is 1. The van der Waals surface area contributed by atoms with Crippen molar-refractivity contribution in [2.75, 3.05) is 11.9 Å². The van der Waals surface area contributed by atoms with Crippen molar-refractivity contribution in [3.63, 3.8) is 0 Å². The van der Waals surface area contributed by atoms with Crippen LogP contribution in [0.4, 0.5) is 5.69 Å². The fourth-order valence-corrected chi connectivity index (χ4v) is 2.25. The first-order chi connectivity index (χ1) is 7.11. The average Bonchev–Trinajstić information content (AvgIpc) is 2.23. The molecular weight excluding hydrogens is 186 g/mol. The molecule has 0 N–H and O–H groups in total. The molecule has 0 spiro atoms. The van der Waals surface area contributed by atoms with Crippen LogP contribution in [0, 0.1) is 0 Å². The van der Waals surface area contributed by atoms with Gasteiger partial charge in [-0.2, -0.15) is 0 Å². The molecule has 15 heavy (non-hydrogen) atoms. The third-order valence-electron chi connectivity index (χ3n) is 3.13. The van der Waals surface area contributed by atoms with Crippen LogP contribution < -0.4 is 4.90 Å². The van der Waals surface area contributed by atoms with Crippen LogP contribution in [0.5, 0.6) is 0 Å². The molecule has 1 aliphatic heterocycles. The van der Waals surface area contributed by atoms with Gasteiger partial charge in [-0.3, -0.25) is 4.79 Å². The summed E-state index contributed by atoms with van der Waals surface area (Å²) in [7, 11) is 1.87. The molecule has 1 heterocycles. The highest BCUT2D eigenvalue weighted by molar-refractivity contribution is 5.96. The second kappa shape index (κ2) is 3.69. The number of carbonyl (C=O) groups excluding carboxylic acids is 1. The summed E-state index contributed by atoms with van der Waals surface area (Å²) in [4.78, 5) is 13.3. The van der Waals surface area contributed by atoms with Gasteiger partial charge in [-0.1, -0.05) is 26.0 Å². The Labute approximate surface area is 90.9 Å². The topological polar surface area (TPSA) is 20.3 Å². The summed E-state index contributed by atoms with van der Waals surface area (Å²) in [6.45, 7) is 4.40. The number of rotatable bonds is 1. The molecule has 1 aliphatic rings. The molecule has 0 fully saturated rings. The molecule has 0 unspecified atom stereocenters. The Morgan fingerprint density at radius 2 is 2.00 bits per heavy atom. The van der Waals surface area contributed by atoms with Gasteiger partial charge in [0.25, 0.3) is 0 Å². The van der Waals surface area contributed by atoms with Crippen LogP contribution in [0.2, 0.25) is 0 Å². The van der Waals surface area contributed by atoms with Gasteiger partial charge in [-0.05, 0) is 29.5 Å². The van der Waals surface area contributed by atoms with Crippen LogP contribution >= 0.6 is 0 Å². The van der Waals surface area contributed by atoms with Gasteiger partial charge in [0, 0.05) is 19.2 Å². The molecule has 2 rings (SSSR count). The predicted octanol–water partition coefficient (Wildman–Crippen LogP) is 2.72. The third kappa shape index (κ3) is 1.65. The van der Waals surface area contributed by atoms with Crippen molar-refractivity contribution in [3.8, 4) is 0 Å². The van der Waals surface area contributed by atoms with E-state index in [1.807, 2.05) is 19.2 Å². The van der Waals surface area contributed by atoms with E-state index in [1.54, 1.807) is 4.90 Å². The SMILES string of the molecule is CC(C)c1cccc2c1CCC(=O)N2C. The van der Waals surface area contributed by atoms with E-state index in [4.69, 9.17) is 0 Å².